The average molecular weight is 201 g/mol. The maximum atomic E-state index is 11.1. The van der Waals surface area contributed by atoms with Crippen LogP contribution in [0, 0.1) is 0 Å². The Morgan fingerprint density at radius 1 is 1.69 bits per heavy atom. The summed E-state index contributed by atoms with van der Waals surface area (Å²) in [5.41, 5.74) is 0.690. The minimum Gasteiger partial charge on any atom is -0.309 e. The number of aryl methyl sites for hydroxylation is 1. The third kappa shape index (κ3) is 2.84. The van der Waals surface area contributed by atoms with E-state index < -0.39 is 0 Å². The normalized spacial score (nSPS) is 12.8. The summed E-state index contributed by atoms with van der Waals surface area (Å²) < 4.78 is 0. The first-order chi connectivity index (χ1) is 6.13. The molecule has 1 atom stereocenters. The molecule has 4 heteroatoms. The highest BCUT2D eigenvalue weighted by Gasteiger charge is 2.05. The van der Waals surface area contributed by atoms with E-state index in [1.165, 1.54) is 6.07 Å². The molecule has 1 heterocycles. The van der Waals surface area contributed by atoms with Crippen molar-refractivity contribution in [3.05, 3.63) is 27.9 Å². The molecule has 0 radical (unpaired) electrons. The molecule has 0 spiro atoms. The van der Waals surface area contributed by atoms with E-state index in [2.05, 4.69) is 9.97 Å². The van der Waals surface area contributed by atoms with Crippen LogP contribution in [0.3, 0.4) is 0 Å². The second-order valence-corrected chi connectivity index (χ2v) is 3.64. The van der Waals surface area contributed by atoms with E-state index >= 15 is 0 Å². The van der Waals surface area contributed by atoms with Crippen molar-refractivity contribution in [1.82, 2.24) is 9.97 Å². The monoisotopic (exact) mass is 200 g/mol. The molecule has 1 rings (SSSR count). The number of nitrogens with one attached hydrogen (secondary N) is 1. The van der Waals surface area contributed by atoms with E-state index in [0.29, 0.717) is 5.82 Å². The van der Waals surface area contributed by atoms with Crippen molar-refractivity contribution in [1.29, 1.82) is 0 Å². The first-order valence-electron chi connectivity index (χ1n) is 4.37. The summed E-state index contributed by atoms with van der Waals surface area (Å²) in [5, 5.41) is -0.246. The van der Waals surface area contributed by atoms with Crippen LogP contribution < -0.4 is 5.56 Å². The van der Waals surface area contributed by atoms with Crippen LogP contribution >= 0.6 is 11.6 Å². The lowest BCUT2D eigenvalue weighted by Gasteiger charge is -2.03. The Bertz CT molecular complexity index is 333. The first kappa shape index (κ1) is 10.3. The Morgan fingerprint density at radius 3 is 2.92 bits per heavy atom. The van der Waals surface area contributed by atoms with Crippen LogP contribution in [-0.4, -0.2) is 9.97 Å². The molecule has 0 saturated carbocycles. The van der Waals surface area contributed by atoms with Crippen molar-refractivity contribution in [3.63, 3.8) is 0 Å². The van der Waals surface area contributed by atoms with Crippen molar-refractivity contribution in [2.75, 3.05) is 0 Å². The molecule has 0 saturated heterocycles. The lowest BCUT2D eigenvalue weighted by atomic mass is 10.2. The largest absolute Gasteiger partial charge is 0.309 e. The van der Waals surface area contributed by atoms with E-state index in [1.807, 2.05) is 6.92 Å². The van der Waals surface area contributed by atoms with Crippen molar-refractivity contribution < 1.29 is 0 Å². The summed E-state index contributed by atoms with van der Waals surface area (Å²) in [5.74, 6) is 0.553. The van der Waals surface area contributed by atoms with Gasteiger partial charge in [-0.1, -0.05) is 13.3 Å². The van der Waals surface area contributed by atoms with Crippen LogP contribution in [-0.2, 0) is 6.42 Å². The van der Waals surface area contributed by atoms with Crippen molar-refractivity contribution in [2.45, 2.75) is 32.1 Å². The number of hydrogen-bond acceptors (Lipinski definition) is 2. The number of hydrogen-bond donors (Lipinski definition) is 1. The number of halogens is 1. The Balaban J connectivity index is 3.04. The highest BCUT2D eigenvalue weighted by molar-refractivity contribution is 6.20. The minimum atomic E-state index is -0.246. The average Bonchev–Trinajstić information content (AvgIpc) is 2.03. The Morgan fingerprint density at radius 2 is 2.38 bits per heavy atom. The SMILES string of the molecule is CCCc1cc(=O)[nH]c(C(C)Cl)n1. The molecule has 0 amide bonds. The predicted octanol–water partition coefficient (Wildman–Crippen LogP) is 2.02. The fraction of sp³-hybridized carbons (Fsp3) is 0.556. The molecule has 1 unspecified atom stereocenters. The van der Waals surface area contributed by atoms with E-state index in [-0.39, 0.29) is 10.9 Å². The fourth-order valence-electron chi connectivity index (χ4n) is 1.10. The number of rotatable bonds is 3. The third-order valence-electron chi connectivity index (χ3n) is 1.70. The van der Waals surface area contributed by atoms with Gasteiger partial charge in [0.1, 0.15) is 5.82 Å². The van der Waals surface area contributed by atoms with E-state index in [9.17, 15) is 4.79 Å². The van der Waals surface area contributed by atoms with Gasteiger partial charge in [0.15, 0.2) is 0 Å². The summed E-state index contributed by atoms with van der Waals surface area (Å²) in [4.78, 5) is 18.0. The van der Waals surface area contributed by atoms with Gasteiger partial charge in [0.2, 0.25) is 0 Å². The standard InChI is InChI=1S/C9H13ClN2O/c1-3-4-7-5-8(13)12-9(11-7)6(2)10/h5-6H,3-4H2,1-2H3,(H,11,12,13). The summed E-state index contributed by atoms with van der Waals surface area (Å²) in [6.45, 7) is 3.84. The van der Waals surface area contributed by atoms with Crippen LogP contribution in [0.5, 0.6) is 0 Å². The molecule has 1 aromatic rings. The lowest BCUT2D eigenvalue weighted by Crippen LogP contribution is -2.13. The number of aromatic amines is 1. The molecular weight excluding hydrogens is 188 g/mol. The van der Waals surface area contributed by atoms with E-state index in [4.69, 9.17) is 11.6 Å². The molecule has 0 aromatic carbocycles. The second kappa shape index (κ2) is 4.42. The summed E-state index contributed by atoms with van der Waals surface area (Å²) in [7, 11) is 0. The summed E-state index contributed by atoms with van der Waals surface area (Å²) in [6.07, 6.45) is 1.80. The van der Waals surface area contributed by atoms with Gasteiger partial charge in [-0.3, -0.25) is 4.79 Å². The number of H-pyrrole nitrogens is 1. The van der Waals surface area contributed by atoms with Gasteiger partial charge in [-0.2, -0.15) is 0 Å². The van der Waals surface area contributed by atoms with Crippen molar-refractivity contribution in [3.8, 4) is 0 Å². The Kier molecular flexibility index (Phi) is 3.48. The van der Waals surface area contributed by atoms with Gasteiger partial charge < -0.3 is 4.98 Å². The fourth-order valence-corrected chi connectivity index (χ4v) is 1.20. The maximum absolute atomic E-state index is 11.1. The lowest BCUT2D eigenvalue weighted by molar-refractivity contribution is 0.814. The van der Waals surface area contributed by atoms with E-state index in [0.717, 1.165) is 18.5 Å². The Hall–Kier alpha value is -0.830. The molecule has 0 aliphatic carbocycles. The van der Waals surface area contributed by atoms with Crippen LogP contribution in [0.25, 0.3) is 0 Å². The molecule has 0 bridgehead atoms. The number of aromatic nitrogens is 2. The molecule has 1 N–H and O–H groups in total. The second-order valence-electron chi connectivity index (χ2n) is 2.99. The first-order valence-corrected chi connectivity index (χ1v) is 4.81. The van der Waals surface area contributed by atoms with Crippen LogP contribution in [0.1, 0.15) is 37.2 Å². The molecule has 72 valence electrons. The van der Waals surface area contributed by atoms with Gasteiger partial charge in [0, 0.05) is 11.8 Å². The van der Waals surface area contributed by atoms with Gasteiger partial charge in [0.05, 0.1) is 5.38 Å². The van der Waals surface area contributed by atoms with Crippen LogP contribution in [0.15, 0.2) is 10.9 Å². The van der Waals surface area contributed by atoms with Gasteiger partial charge >= 0.3 is 0 Å². The summed E-state index contributed by atoms with van der Waals surface area (Å²) in [6, 6.07) is 1.52. The zero-order valence-electron chi connectivity index (χ0n) is 7.80. The quantitative estimate of drug-likeness (QED) is 0.759. The molecule has 13 heavy (non-hydrogen) atoms. The van der Waals surface area contributed by atoms with Crippen molar-refractivity contribution >= 4 is 11.6 Å². The number of nitrogens with zero attached hydrogens (tertiary/aromatic N) is 1. The highest BCUT2D eigenvalue weighted by Crippen LogP contribution is 2.13. The molecular formula is C9H13ClN2O. The highest BCUT2D eigenvalue weighted by atomic mass is 35.5. The number of alkyl halides is 1. The van der Waals surface area contributed by atoms with Gasteiger partial charge in [0.25, 0.3) is 5.56 Å². The van der Waals surface area contributed by atoms with Crippen molar-refractivity contribution in [2.24, 2.45) is 0 Å². The van der Waals surface area contributed by atoms with E-state index in [1.54, 1.807) is 6.92 Å². The molecule has 0 aliphatic heterocycles. The minimum absolute atomic E-state index is 0.124. The molecule has 3 nitrogen and oxygen atoms in total. The topological polar surface area (TPSA) is 45.8 Å². The summed E-state index contributed by atoms with van der Waals surface area (Å²) >= 11 is 5.81. The third-order valence-corrected chi connectivity index (χ3v) is 1.90. The predicted molar refractivity (Wildman–Crippen MR) is 53.1 cm³/mol. The van der Waals surface area contributed by atoms with Gasteiger partial charge in [-0.25, -0.2) is 4.98 Å². The Labute approximate surface area is 82.2 Å². The molecule has 0 fully saturated rings. The van der Waals surface area contributed by atoms with Gasteiger partial charge in [-0.05, 0) is 13.3 Å². The molecule has 1 aromatic heterocycles. The smallest absolute Gasteiger partial charge is 0.251 e. The molecule has 0 aliphatic rings. The van der Waals surface area contributed by atoms with Crippen LogP contribution in [0.4, 0.5) is 0 Å². The zero-order valence-corrected chi connectivity index (χ0v) is 8.56. The maximum Gasteiger partial charge on any atom is 0.251 e. The zero-order chi connectivity index (χ0) is 9.84. The van der Waals surface area contributed by atoms with Gasteiger partial charge in [-0.15, -0.1) is 11.6 Å². The van der Waals surface area contributed by atoms with Crippen LogP contribution in [0.2, 0.25) is 0 Å².